The molecule has 1 aromatic rings. The van der Waals surface area contributed by atoms with E-state index < -0.39 is 40.7 Å². The fraction of sp³-hybridized carbons (Fsp3) is 0.462. The first kappa shape index (κ1) is 14.9. The van der Waals surface area contributed by atoms with Gasteiger partial charge >= 0.3 is 12.4 Å². The molecular weight excluding hydrogens is 286 g/mol. The average molecular weight is 296 g/mol. The van der Waals surface area contributed by atoms with E-state index in [1.807, 2.05) is 0 Å². The van der Waals surface area contributed by atoms with E-state index in [0.29, 0.717) is 18.9 Å². The maximum Gasteiger partial charge on any atom is 0.417 e. The summed E-state index contributed by atoms with van der Waals surface area (Å²) in [5, 5.41) is 0. The number of alkyl halides is 6. The van der Waals surface area contributed by atoms with Crippen LogP contribution in [0.15, 0.2) is 12.1 Å². The molecular formula is C13H10F6O. The van der Waals surface area contributed by atoms with Crippen LogP contribution in [0.3, 0.4) is 0 Å². The fourth-order valence-corrected chi connectivity index (χ4v) is 2.16. The molecule has 0 radical (unpaired) electrons. The van der Waals surface area contributed by atoms with Crippen LogP contribution in [0.1, 0.15) is 52.7 Å². The van der Waals surface area contributed by atoms with Crippen molar-refractivity contribution in [1.82, 2.24) is 0 Å². The van der Waals surface area contributed by atoms with E-state index in [9.17, 15) is 31.1 Å². The Labute approximate surface area is 110 Å². The minimum Gasteiger partial charge on any atom is -0.294 e. The van der Waals surface area contributed by atoms with Crippen molar-refractivity contribution < 1.29 is 31.1 Å². The molecule has 2 rings (SSSR count). The molecule has 1 nitrogen and oxygen atoms in total. The molecule has 0 heterocycles. The van der Waals surface area contributed by atoms with Crippen LogP contribution in [0.4, 0.5) is 26.3 Å². The molecule has 0 aromatic heterocycles. The van der Waals surface area contributed by atoms with E-state index in [1.54, 1.807) is 0 Å². The molecule has 110 valence electrons. The van der Waals surface area contributed by atoms with Gasteiger partial charge in [-0.3, -0.25) is 4.79 Å². The number of halogens is 6. The van der Waals surface area contributed by atoms with Gasteiger partial charge < -0.3 is 0 Å². The Morgan fingerprint density at radius 1 is 1.05 bits per heavy atom. The summed E-state index contributed by atoms with van der Waals surface area (Å²) < 4.78 is 76.9. The number of Topliss-reactive ketones (excluding diaryl/α,β-unsaturated/α-hetero) is 1. The van der Waals surface area contributed by atoms with Gasteiger partial charge in [-0.15, -0.1) is 0 Å². The molecule has 0 atom stereocenters. The van der Waals surface area contributed by atoms with Gasteiger partial charge in [0.05, 0.1) is 11.1 Å². The van der Waals surface area contributed by atoms with Crippen LogP contribution in [-0.2, 0) is 12.4 Å². The zero-order valence-corrected chi connectivity index (χ0v) is 10.3. The Hall–Kier alpha value is -1.53. The highest BCUT2D eigenvalue weighted by Crippen LogP contribution is 2.47. The van der Waals surface area contributed by atoms with Crippen LogP contribution < -0.4 is 0 Å². The molecule has 1 aromatic carbocycles. The molecule has 1 saturated carbocycles. The summed E-state index contributed by atoms with van der Waals surface area (Å²) in [7, 11) is 0. The van der Waals surface area contributed by atoms with Crippen molar-refractivity contribution in [1.29, 1.82) is 0 Å². The number of carbonyl (C=O) groups excluding carboxylic acids is 1. The zero-order chi connectivity index (χ0) is 15.3. The average Bonchev–Trinajstić information content (AvgIpc) is 3.08. The number of ketones is 1. The molecule has 0 bridgehead atoms. The highest BCUT2D eigenvalue weighted by Gasteiger charge is 2.42. The van der Waals surface area contributed by atoms with Crippen LogP contribution in [0.25, 0.3) is 0 Å². The Morgan fingerprint density at radius 3 is 1.95 bits per heavy atom. The summed E-state index contributed by atoms with van der Waals surface area (Å²) in [5.41, 5.74) is -3.63. The smallest absolute Gasteiger partial charge is 0.294 e. The van der Waals surface area contributed by atoms with Gasteiger partial charge in [0.2, 0.25) is 0 Å². The van der Waals surface area contributed by atoms with Gasteiger partial charge in [-0.25, -0.2) is 0 Å². The van der Waals surface area contributed by atoms with Gasteiger partial charge in [0.15, 0.2) is 5.78 Å². The number of hydrogen-bond donors (Lipinski definition) is 0. The molecule has 0 aliphatic heterocycles. The van der Waals surface area contributed by atoms with Crippen molar-refractivity contribution in [2.24, 2.45) is 0 Å². The van der Waals surface area contributed by atoms with Gasteiger partial charge in [-0.05, 0) is 43.4 Å². The first-order valence-corrected chi connectivity index (χ1v) is 5.85. The van der Waals surface area contributed by atoms with Crippen LogP contribution >= 0.6 is 0 Å². The molecule has 0 amide bonds. The van der Waals surface area contributed by atoms with E-state index in [0.717, 1.165) is 6.92 Å². The Bertz CT molecular complexity index is 551. The quantitative estimate of drug-likeness (QED) is 0.565. The normalized spacial score (nSPS) is 16.4. The van der Waals surface area contributed by atoms with Gasteiger partial charge in [-0.2, -0.15) is 26.3 Å². The molecule has 7 heteroatoms. The third-order valence-electron chi connectivity index (χ3n) is 3.17. The summed E-state index contributed by atoms with van der Waals surface area (Å²) in [5.74, 6) is -1.26. The molecule has 0 spiro atoms. The largest absolute Gasteiger partial charge is 0.417 e. The highest BCUT2D eigenvalue weighted by molar-refractivity contribution is 5.97. The third kappa shape index (κ3) is 2.81. The van der Waals surface area contributed by atoms with Crippen molar-refractivity contribution in [2.75, 3.05) is 0 Å². The van der Waals surface area contributed by atoms with Crippen molar-refractivity contribution >= 4 is 5.78 Å². The number of hydrogen-bond acceptors (Lipinski definition) is 1. The van der Waals surface area contributed by atoms with Gasteiger partial charge in [-0.1, -0.05) is 0 Å². The van der Waals surface area contributed by atoms with Crippen molar-refractivity contribution in [2.45, 2.75) is 38.0 Å². The Balaban J connectivity index is 2.75. The Kier molecular flexibility index (Phi) is 3.34. The van der Waals surface area contributed by atoms with Crippen LogP contribution in [0.5, 0.6) is 0 Å². The molecule has 0 saturated heterocycles. The maximum atomic E-state index is 12.9. The van der Waals surface area contributed by atoms with Crippen LogP contribution in [0.2, 0.25) is 0 Å². The standard InChI is InChI=1S/C13H10F6O/c1-6(20)11-9(7-2-3-7)4-8(12(14,15)16)5-10(11)13(17,18)19/h4-5,7H,2-3H2,1H3. The zero-order valence-electron chi connectivity index (χ0n) is 10.3. The van der Waals surface area contributed by atoms with E-state index in [4.69, 9.17) is 0 Å². The van der Waals surface area contributed by atoms with Crippen LogP contribution in [0, 0.1) is 0 Å². The van der Waals surface area contributed by atoms with Gasteiger partial charge in [0, 0.05) is 5.56 Å². The minimum absolute atomic E-state index is 0.0165. The topological polar surface area (TPSA) is 17.1 Å². The third-order valence-corrected chi connectivity index (χ3v) is 3.17. The first-order valence-electron chi connectivity index (χ1n) is 5.85. The Morgan fingerprint density at radius 2 is 1.60 bits per heavy atom. The molecule has 20 heavy (non-hydrogen) atoms. The monoisotopic (exact) mass is 296 g/mol. The molecule has 1 aliphatic carbocycles. The summed E-state index contributed by atoms with van der Waals surface area (Å²) in [6, 6.07) is 0.687. The molecule has 1 fully saturated rings. The lowest BCUT2D eigenvalue weighted by atomic mass is 9.92. The summed E-state index contributed by atoms with van der Waals surface area (Å²) in [4.78, 5) is 11.4. The summed E-state index contributed by atoms with van der Waals surface area (Å²) in [6.45, 7) is 0.934. The number of carbonyl (C=O) groups is 1. The van der Waals surface area contributed by atoms with Crippen molar-refractivity contribution in [3.05, 3.63) is 34.4 Å². The first-order chi connectivity index (χ1) is 9.01. The fourth-order valence-electron chi connectivity index (χ4n) is 2.16. The number of rotatable bonds is 2. The lowest BCUT2D eigenvalue weighted by molar-refractivity contribution is -0.143. The second-order valence-corrected chi connectivity index (χ2v) is 4.81. The van der Waals surface area contributed by atoms with E-state index >= 15 is 0 Å². The molecule has 1 aliphatic rings. The minimum atomic E-state index is -4.99. The highest BCUT2D eigenvalue weighted by atomic mass is 19.4. The molecule has 0 N–H and O–H groups in total. The second kappa shape index (κ2) is 4.49. The molecule has 0 unspecified atom stereocenters. The predicted octanol–water partition coefficient (Wildman–Crippen LogP) is 4.80. The van der Waals surface area contributed by atoms with Crippen LogP contribution in [-0.4, -0.2) is 5.78 Å². The van der Waals surface area contributed by atoms with Crippen molar-refractivity contribution in [3.8, 4) is 0 Å². The van der Waals surface area contributed by atoms with E-state index in [-0.39, 0.29) is 11.6 Å². The summed E-state index contributed by atoms with van der Waals surface area (Å²) in [6.07, 6.45) is -8.87. The maximum absolute atomic E-state index is 12.9. The SMILES string of the molecule is CC(=O)c1c(C2CC2)cc(C(F)(F)F)cc1C(F)(F)F. The number of benzene rings is 1. The summed E-state index contributed by atoms with van der Waals surface area (Å²) >= 11 is 0. The lowest BCUT2D eigenvalue weighted by Crippen LogP contribution is -2.17. The second-order valence-electron chi connectivity index (χ2n) is 4.81. The van der Waals surface area contributed by atoms with Gasteiger partial charge in [0.25, 0.3) is 0 Å². The van der Waals surface area contributed by atoms with Crippen molar-refractivity contribution in [3.63, 3.8) is 0 Å². The van der Waals surface area contributed by atoms with Gasteiger partial charge in [0.1, 0.15) is 0 Å². The van der Waals surface area contributed by atoms with E-state index in [2.05, 4.69) is 0 Å². The lowest BCUT2D eigenvalue weighted by Gasteiger charge is -2.18. The van der Waals surface area contributed by atoms with E-state index in [1.165, 1.54) is 0 Å². The predicted molar refractivity (Wildman–Crippen MR) is 58.4 cm³/mol.